The third-order valence-corrected chi connectivity index (χ3v) is 0. The first-order valence-corrected chi connectivity index (χ1v) is 2.94. The molecule has 0 saturated heterocycles. The van der Waals surface area contributed by atoms with Crippen molar-refractivity contribution in [2.75, 3.05) is 0 Å². The topological polar surface area (TPSA) is 70.0 Å². The molecule has 2 nitrogen and oxygen atoms in total. The molecule has 0 radical (unpaired) electrons. The molecular formula is H10Cl5N2Pt. The Balaban J connectivity index is -0.000000000333. The number of halogens is 5. The third-order valence-electron chi connectivity index (χ3n) is 0. The van der Waals surface area contributed by atoms with E-state index < -0.39 is 0 Å². The molecule has 0 aliphatic carbocycles. The first-order valence-electron chi connectivity index (χ1n) is 0.120. The molecule has 0 spiro atoms. The molecule has 0 amide bonds. The molecule has 0 bridgehead atoms. The Kier molecular flexibility index (Phi) is 1530. The fraction of sp³-hybridized carbons (Fsp3) is 0. The standard InChI is InChI=1S/5ClH.2H3N.Pt/h5*1H;2*1H3;/q;;;;;;;+1/p-1. The summed E-state index contributed by atoms with van der Waals surface area (Å²) in [6.45, 7) is 0. The van der Waals surface area contributed by atoms with Crippen LogP contribution in [0, 0.1) is 0 Å². The molecule has 0 unspecified atom stereocenters. The summed E-state index contributed by atoms with van der Waals surface area (Å²) in [5.41, 5.74) is 0. The summed E-state index contributed by atoms with van der Waals surface area (Å²) >= 11 is 1.61. The van der Waals surface area contributed by atoms with Crippen molar-refractivity contribution in [2.24, 2.45) is 0 Å². The summed E-state index contributed by atoms with van der Waals surface area (Å²) < 4.78 is 0. The van der Waals surface area contributed by atoms with Gasteiger partial charge in [0.2, 0.25) is 0 Å². The maximum absolute atomic E-state index is 4.61. The summed E-state index contributed by atoms with van der Waals surface area (Å²) in [6.07, 6.45) is 0. The Morgan fingerprint density at radius 1 is 0.625 bits per heavy atom. The molecule has 0 atom stereocenters. The van der Waals surface area contributed by atoms with Gasteiger partial charge in [-0.05, 0) is 0 Å². The first kappa shape index (κ1) is 88.2. The Morgan fingerprint density at radius 3 is 0.625 bits per heavy atom. The molecule has 0 rings (SSSR count). The van der Waals surface area contributed by atoms with Gasteiger partial charge in [0.1, 0.15) is 0 Å². The van der Waals surface area contributed by atoms with Crippen molar-refractivity contribution in [2.45, 2.75) is 0 Å². The van der Waals surface area contributed by atoms with Crippen LogP contribution >= 0.6 is 59.0 Å². The van der Waals surface area contributed by atoms with Crippen LogP contribution in [-0.2, 0) is 18.8 Å². The van der Waals surface area contributed by atoms with Gasteiger partial charge in [0.05, 0.1) is 0 Å². The van der Waals surface area contributed by atoms with Gasteiger partial charge < -0.3 is 12.3 Å². The second-order valence-electron chi connectivity index (χ2n) is 0. The van der Waals surface area contributed by atoms with E-state index in [4.69, 9.17) is 0 Å². The van der Waals surface area contributed by atoms with E-state index in [-0.39, 0.29) is 61.9 Å². The van der Waals surface area contributed by atoms with E-state index >= 15 is 0 Å². The first-order chi connectivity index (χ1) is 1.00. The SMILES string of the molecule is Cl.Cl.Cl.Cl.N.N.[Cl][Pt]. The van der Waals surface area contributed by atoms with Gasteiger partial charge in [0.15, 0.2) is 0 Å². The number of hydrogen-bond donors (Lipinski definition) is 2. The van der Waals surface area contributed by atoms with Crippen molar-refractivity contribution in [3.8, 4) is 0 Å². The van der Waals surface area contributed by atoms with E-state index in [1.165, 1.54) is 0 Å². The van der Waals surface area contributed by atoms with Gasteiger partial charge in [-0.1, -0.05) is 0 Å². The normalized spacial score (nSPS) is 0.875. The molecule has 6 N–H and O–H groups in total. The second-order valence-corrected chi connectivity index (χ2v) is 0. The van der Waals surface area contributed by atoms with Crippen molar-refractivity contribution in [3.05, 3.63) is 0 Å². The van der Waals surface area contributed by atoms with Gasteiger partial charge in [-0.15, -0.1) is 49.6 Å². The van der Waals surface area contributed by atoms with Crippen LogP contribution < -0.4 is 12.3 Å². The monoisotopic (exact) mass is 408 g/mol. The Morgan fingerprint density at radius 2 is 0.625 bits per heavy atom. The Bertz CT molecular complexity index is 10.4. The molecule has 0 saturated carbocycles. The van der Waals surface area contributed by atoms with E-state index in [1.807, 2.05) is 0 Å². The van der Waals surface area contributed by atoms with Crippen LogP contribution in [0.2, 0.25) is 0 Å². The maximum atomic E-state index is 4.61. The van der Waals surface area contributed by atoms with Crippen molar-refractivity contribution >= 4 is 59.0 Å². The number of hydrogen-bond acceptors (Lipinski definition) is 2. The molecule has 0 aliphatic heterocycles. The van der Waals surface area contributed by atoms with Crippen molar-refractivity contribution in [1.82, 2.24) is 12.3 Å². The zero-order valence-electron chi connectivity index (χ0n) is 3.74. The van der Waals surface area contributed by atoms with Crippen LogP contribution in [-0.4, -0.2) is 0 Å². The molecule has 0 aromatic carbocycles. The summed E-state index contributed by atoms with van der Waals surface area (Å²) in [5, 5.41) is 0. The van der Waals surface area contributed by atoms with Gasteiger partial charge in [0.25, 0.3) is 0 Å². The summed E-state index contributed by atoms with van der Waals surface area (Å²) in [6, 6.07) is 0. The molecule has 8 heteroatoms. The van der Waals surface area contributed by atoms with Gasteiger partial charge in [-0.25, -0.2) is 0 Å². The molecule has 0 aliphatic rings. The Hall–Kier alpha value is 2.06. The zero-order valence-corrected chi connectivity index (χ0v) is 10.0. The fourth-order valence-electron chi connectivity index (χ4n) is 0. The van der Waals surface area contributed by atoms with Crippen molar-refractivity contribution in [1.29, 1.82) is 0 Å². The minimum atomic E-state index is 0. The Labute approximate surface area is 89.5 Å². The second kappa shape index (κ2) is 139. The van der Waals surface area contributed by atoms with E-state index in [0.29, 0.717) is 0 Å². The zero-order chi connectivity index (χ0) is 2.00. The average Bonchev–Trinajstić information content (AvgIpc) is 1.00. The molecular weight excluding hydrogens is 400 g/mol. The van der Waals surface area contributed by atoms with Crippen LogP contribution in [0.15, 0.2) is 0 Å². The minimum absolute atomic E-state index is 0. The fourth-order valence-corrected chi connectivity index (χ4v) is 0. The quantitative estimate of drug-likeness (QED) is 0.645. The predicted molar refractivity (Wildman–Crippen MR) is 44.9 cm³/mol. The summed E-state index contributed by atoms with van der Waals surface area (Å²) in [7, 11) is 4.61. The molecule has 0 aromatic heterocycles. The van der Waals surface area contributed by atoms with Gasteiger partial charge in [0, 0.05) is 0 Å². The molecule has 0 aromatic rings. The van der Waals surface area contributed by atoms with Crippen molar-refractivity contribution < 1.29 is 18.8 Å². The van der Waals surface area contributed by atoms with E-state index in [9.17, 15) is 0 Å². The van der Waals surface area contributed by atoms with E-state index in [2.05, 4.69) is 9.42 Å². The average molecular weight is 410 g/mol. The van der Waals surface area contributed by atoms with Crippen LogP contribution in [0.25, 0.3) is 0 Å². The molecule has 8 heavy (non-hydrogen) atoms. The summed E-state index contributed by atoms with van der Waals surface area (Å²) in [4.78, 5) is 0. The van der Waals surface area contributed by atoms with Gasteiger partial charge in [-0.2, -0.15) is 0 Å². The van der Waals surface area contributed by atoms with E-state index in [0.717, 1.165) is 0 Å². The molecule has 0 heterocycles. The van der Waals surface area contributed by atoms with E-state index in [1.54, 1.807) is 18.8 Å². The van der Waals surface area contributed by atoms with Gasteiger partial charge in [-0.3, -0.25) is 0 Å². The molecule has 0 fully saturated rings. The predicted octanol–water partition coefficient (Wildman–Crippen LogP) is 2.70. The third kappa shape index (κ3) is 94.8. The van der Waals surface area contributed by atoms with Crippen LogP contribution in [0.1, 0.15) is 0 Å². The summed E-state index contributed by atoms with van der Waals surface area (Å²) in [5.74, 6) is 0. The van der Waals surface area contributed by atoms with Gasteiger partial charge >= 0.3 is 28.2 Å². The van der Waals surface area contributed by atoms with Crippen LogP contribution in [0.3, 0.4) is 0 Å². The molecule has 65 valence electrons. The number of rotatable bonds is 0. The van der Waals surface area contributed by atoms with Crippen LogP contribution in [0.5, 0.6) is 0 Å². The van der Waals surface area contributed by atoms with Crippen LogP contribution in [0.4, 0.5) is 0 Å². The van der Waals surface area contributed by atoms with Crippen molar-refractivity contribution in [3.63, 3.8) is 0 Å².